The molecule has 1 unspecified atom stereocenters. The van der Waals surface area contributed by atoms with Gasteiger partial charge in [0.25, 0.3) is 5.56 Å². The zero-order chi connectivity index (χ0) is 26.8. The van der Waals surface area contributed by atoms with Crippen LogP contribution in [-0.4, -0.2) is 59.8 Å². The highest BCUT2D eigenvalue weighted by atomic mass is 19.1. The maximum Gasteiger partial charge on any atom is 0.270 e. The minimum atomic E-state index is -0.367. The smallest absolute Gasteiger partial charge is 0.270 e. The molecule has 0 N–H and O–H groups in total. The first-order valence-electron chi connectivity index (χ1n) is 12.2. The minimum Gasteiger partial charge on any atom is -0.481 e. The zero-order valence-corrected chi connectivity index (χ0v) is 21.4. The molecule has 1 aromatic carbocycles. The third kappa shape index (κ3) is 4.41. The second-order valence-electron chi connectivity index (χ2n) is 9.00. The van der Waals surface area contributed by atoms with E-state index >= 15 is 0 Å². The molecule has 1 aliphatic rings. The highest BCUT2D eigenvalue weighted by Gasteiger charge is 2.31. The molecule has 0 radical (unpaired) electrons. The molecule has 4 aromatic rings. The molecule has 38 heavy (non-hydrogen) atoms. The number of rotatable bonds is 6. The van der Waals surface area contributed by atoms with Crippen LogP contribution in [0.3, 0.4) is 0 Å². The van der Waals surface area contributed by atoms with Crippen molar-refractivity contribution in [2.45, 2.75) is 6.04 Å². The number of aryl methyl sites for hydroxylation is 1. The van der Waals surface area contributed by atoms with Crippen LogP contribution in [0, 0.1) is 17.1 Å². The normalized spacial score (nSPS) is 14.8. The third-order valence-electron chi connectivity index (χ3n) is 6.98. The fraction of sp³-hybridized carbons (Fsp3) is 0.286. The van der Waals surface area contributed by atoms with E-state index in [4.69, 9.17) is 9.47 Å². The molecule has 10 heteroatoms. The lowest BCUT2D eigenvalue weighted by molar-refractivity contribution is 0.208. The molecule has 0 bridgehead atoms. The van der Waals surface area contributed by atoms with Gasteiger partial charge in [0, 0.05) is 51.1 Å². The summed E-state index contributed by atoms with van der Waals surface area (Å²) in [5.74, 6) is 0.602. The number of anilines is 1. The van der Waals surface area contributed by atoms with Crippen LogP contribution in [0.25, 0.3) is 11.0 Å². The van der Waals surface area contributed by atoms with Gasteiger partial charge in [-0.25, -0.2) is 14.4 Å². The highest BCUT2D eigenvalue weighted by Crippen LogP contribution is 2.36. The number of fused-ring (bicyclic) bond motifs is 1. The number of ether oxygens (including phenoxy) is 2. The Morgan fingerprint density at radius 1 is 1.03 bits per heavy atom. The van der Waals surface area contributed by atoms with Gasteiger partial charge in [-0.2, -0.15) is 5.26 Å². The highest BCUT2D eigenvalue weighted by molar-refractivity contribution is 5.92. The van der Waals surface area contributed by atoms with E-state index in [0.29, 0.717) is 54.7 Å². The number of piperazine rings is 1. The Morgan fingerprint density at radius 2 is 1.76 bits per heavy atom. The van der Waals surface area contributed by atoms with E-state index in [1.54, 1.807) is 44.6 Å². The van der Waals surface area contributed by atoms with Crippen LogP contribution in [0.4, 0.5) is 10.1 Å². The molecular weight excluding hydrogens is 487 g/mol. The Morgan fingerprint density at radius 3 is 2.42 bits per heavy atom. The second-order valence-corrected chi connectivity index (χ2v) is 9.00. The quantitative estimate of drug-likeness (QED) is 0.387. The molecule has 9 nitrogen and oxygen atoms in total. The Hall–Kier alpha value is -4.49. The first-order valence-corrected chi connectivity index (χ1v) is 12.2. The Bertz CT molecular complexity index is 1570. The minimum absolute atomic E-state index is 0.0539. The molecule has 194 valence electrons. The first kappa shape index (κ1) is 25.2. The molecule has 1 atom stereocenters. The Balaban J connectivity index is 1.54. The average Bonchev–Trinajstić information content (AvgIpc) is 2.96. The van der Waals surface area contributed by atoms with Crippen LogP contribution in [0.2, 0.25) is 0 Å². The van der Waals surface area contributed by atoms with Gasteiger partial charge in [-0.3, -0.25) is 9.69 Å². The summed E-state index contributed by atoms with van der Waals surface area (Å²) in [5.41, 5.74) is 3.15. The summed E-state index contributed by atoms with van der Waals surface area (Å²) in [6.45, 7) is 2.28. The van der Waals surface area contributed by atoms with Crippen LogP contribution in [0.15, 0.2) is 59.5 Å². The van der Waals surface area contributed by atoms with Crippen molar-refractivity contribution in [1.29, 1.82) is 5.26 Å². The van der Waals surface area contributed by atoms with Crippen molar-refractivity contribution in [1.82, 2.24) is 19.4 Å². The molecule has 1 saturated heterocycles. The van der Waals surface area contributed by atoms with E-state index in [-0.39, 0.29) is 23.0 Å². The molecule has 0 amide bonds. The van der Waals surface area contributed by atoms with E-state index in [2.05, 4.69) is 20.9 Å². The fourth-order valence-electron chi connectivity index (χ4n) is 5.12. The molecule has 1 fully saturated rings. The molecule has 0 spiro atoms. The number of nitrogens with zero attached hydrogens (tertiary/aromatic N) is 6. The standard InChI is InChI=1S/C28H27FN6O3/c1-33-22-10-11-23(37-2)32-24(22)26(21(17-30)28(33)36)35-15-13-34(14-16-35)25(18-6-8-19(29)9-7-18)20-5-4-12-31-27(20)38-3/h4-12,25H,13-16H2,1-3H3. The number of halogens is 1. The number of pyridine rings is 3. The average molecular weight is 515 g/mol. The van der Waals surface area contributed by atoms with Crippen molar-refractivity contribution in [3.63, 3.8) is 0 Å². The molecule has 5 rings (SSSR count). The first-order chi connectivity index (χ1) is 18.5. The largest absolute Gasteiger partial charge is 0.481 e. The van der Waals surface area contributed by atoms with Gasteiger partial charge >= 0.3 is 0 Å². The van der Waals surface area contributed by atoms with E-state index < -0.39 is 0 Å². The van der Waals surface area contributed by atoms with Crippen molar-refractivity contribution in [3.8, 4) is 17.8 Å². The summed E-state index contributed by atoms with van der Waals surface area (Å²) >= 11 is 0. The lowest BCUT2D eigenvalue weighted by atomic mass is 9.97. The van der Waals surface area contributed by atoms with Gasteiger partial charge in [-0.1, -0.05) is 18.2 Å². The number of hydrogen-bond donors (Lipinski definition) is 0. The molecule has 3 aromatic heterocycles. The molecular formula is C28H27FN6O3. The molecule has 0 saturated carbocycles. The number of hydrogen-bond acceptors (Lipinski definition) is 8. The maximum atomic E-state index is 13.8. The van der Waals surface area contributed by atoms with Crippen molar-refractivity contribution in [2.75, 3.05) is 45.3 Å². The van der Waals surface area contributed by atoms with Crippen LogP contribution >= 0.6 is 0 Å². The molecule has 0 aliphatic carbocycles. The predicted octanol–water partition coefficient (Wildman–Crippen LogP) is 3.27. The lowest BCUT2D eigenvalue weighted by Crippen LogP contribution is -2.48. The van der Waals surface area contributed by atoms with Crippen molar-refractivity contribution >= 4 is 16.7 Å². The maximum absolute atomic E-state index is 13.8. The molecule has 1 aliphatic heterocycles. The van der Waals surface area contributed by atoms with E-state index in [0.717, 1.165) is 11.1 Å². The third-order valence-corrected chi connectivity index (χ3v) is 6.98. The monoisotopic (exact) mass is 514 g/mol. The van der Waals surface area contributed by atoms with Crippen molar-refractivity contribution < 1.29 is 13.9 Å². The van der Waals surface area contributed by atoms with Crippen molar-refractivity contribution in [2.24, 2.45) is 7.05 Å². The van der Waals surface area contributed by atoms with Crippen LogP contribution in [0.1, 0.15) is 22.7 Å². The summed E-state index contributed by atoms with van der Waals surface area (Å²) < 4.78 is 26.1. The molecule has 4 heterocycles. The second kappa shape index (κ2) is 10.5. The Kier molecular flexibility index (Phi) is 6.94. The van der Waals surface area contributed by atoms with Crippen LogP contribution in [0.5, 0.6) is 11.8 Å². The number of methoxy groups -OCH3 is 2. The van der Waals surface area contributed by atoms with Gasteiger partial charge in [-0.05, 0) is 29.8 Å². The summed E-state index contributed by atoms with van der Waals surface area (Å²) in [4.78, 5) is 26.4. The summed E-state index contributed by atoms with van der Waals surface area (Å²) in [5, 5.41) is 9.95. The van der Waals surface area contributed by atoms with Gasteiger partial charge in [0.05, 0.1) is 31.5 Å². The lowest BCUT2D eigenvalue weighted by Gasteiger charge is -2.41. The topological polar surface area (TPSA) is 96.5 Å². The van der Waals surface area contributed by atoms with Crippen LogP contribution in [-0.2, 0) is 7.05 Å². The predicted molar refractivity (Wildman–Crippen MR) is 141 cm³/mol. The fourth-order valence-corrected chi connectivity index (χ4v) is 5.12. The zero-order valence-electron chi connectivity index (χ0n) is 21.4. The van der Waals surface area contributed by atoms with Crippen molar-refractivity contribution in [3.05, 3.63) is 87.6 Å². The Labute approximate surface area is 219 Å². The van der Waals surface area contributed by atoms with Gasteiger partial charge in [-0.15, -0.1) is 0 Å². The number of aromatic nitrogens is 3. The van der Waals surface area contributed by atoms with Gasteiger partial charge in [0.1, 0.15) is 23.0 Å². The van der Waals surface area contributed by atoms with E-state index in [1.807, 2.05) is 17.0 Å². The summed E-state index contributed by atoms with van der Waals surface area (Å²) in [6, 6.07) is 15.6. The SMILES string of the molecule is COc1ccc2c(n1)c(N1CCN(C(c3ccc(F)cc3)c3cccnc3OC)CC1)c(C#N)c(=O)n2C. The summed E-state index contributed by atoms with van der Waals surface area (Å²) in [6.07, 6.45) is 1.67. The number of nitriles is 1. The van der Waals surface area contributed by atoms with Gasteiger partial charge < -0.3 is 18.9 Å². The van der Waals surface area contributed by atoms with E-state index in [1.165, 1.54) is 23.8 Å². The number of benzene rings is 1. The van der Waals surface area contributed by atoms with Gasteiger partial charge in [0.2, 0.25) is 11.8 Å². The van der Waals surface area contributed by atoms with Crippen LogP contribution < -0.4 is 19.9 Å². The summed E-state index contributed by atoms with van der Waals surface area (Å²) in [7, 11) is 4.75. The van der Waals surface area contributed by atoms with Gasteiger partial charge in [0.15, 0.2) is 0 Å². The van der Waals surface area contributed by atoms with E-state index in [9.17, 15) is 14.4 Å².